The van der Waals surface area contributed by atoms with Gasteiger partial charge < -0.3 is 4.74 Å². The lowest BCUT2D eigenvalue weighted by Crippen LogP contribution is -2.24. The van der Waals surface area contributed by atoms with Crippen LogP contribution in [0.4, 0.5) is 17.6 Å². The molecule has 0 amide bonds. The van der Waals surface area contributed by atoms with Gasteiger partial charge in [0.15, 0.2) is 0 Å². The Labute approximate surface area is 187 Å². The maximum Gasteiger partial charge on any atom is 0.389 e. The number of hydrogen-bond donors (Lipinski definition) is 0. The smallest absolute Gasteiger partial charge is 0.316 e. The minimum absolute atomic E-state index is 0.0340. The highest BCUT2D eigenvalue weighted by atomic mass is 19.3. The quantitative estimate of drug-likeness (QED) is 0.267. The van der Waals surface area contributed by atoms with E-state index in [1.807, 2.05) is 36.4 Å². The Morgan fingerprint density at radius 1 is 0.906 bits per heavy atom. The summed E-state index contributed by atoms with van der Waals surface area (Å²) in [6, 6.07) is 9.62. The largest absolute Gasteiger partial charge is 0.389 e. The highest BCUT2D eigenvalue weighted by Gasteiger charge is 2.40. The maximum atomic E-state index is 14.6. The topological polar surface area (TPSA) is 9.23 Å². The van der Waals surface area contributed by atoms with Crippen LogP contribution in [0.2, 0.25) is 0 Å². The van der Waals surface area contributed by atoms with Gasteiger partial charge in [-0.25, -0.2) is 8.78 Å². The van der Waals surface area contributed by atoms with Crippen molar-refractivity contribution >= 4 is 0 Å². The number of rotatable bonds is 10. The summed E-state index contributed by atoms with van der Waals surface area (Å²) < 4.78 is 62.9. The number of allylic oxidation sites excluding steroid dienone is 2. The molecule has 1 aliphatic carbocycles. The molecule has 1 saturated carbocycles. The van der Waals surface area contributed by atoms with Crippen molar-refractivity contribution in [3.8, 4) is 0 Å². The highest BCUT2D eigenvalue weighted by molar-refractivity contribution is 5.31. The molecule has 1 aliphatic rings. The van der Waals surface area contributed by atoms with E-state index in [0.717, 1.165) is 61.8 Å². The number of ether oxygens (including phenoxy) is 1. The van der Waals surface area contributed by atoms with Crippen molar-refractivity contribution in [3.05, 3.63) is 95.6 Å². The fraction of sp³-hybridized carbons (Fsp3) is 0.407. The van der Waals surface area contributed by atoms with Crippen molar-refractivity contribution in [2.24, 2.45) is 5.92 Å². The molecule has 0 N–H and O–H groups in total. The van der Waals surface area contributed by atoms with E-state index in [0.29, 0.717) is 11.5 Å². The van der Waals surface area contributed by atoms with Crippen molar-refractivity contribution in [1.82, 2.24) is 0 Å². The Morgan fingerprint density at radius 2 is 1.47 bits per heavy atom. The number of alkyl halides is 2. The lowest BCUT2D eigenvalue weighted by molar-refractivity contribution is -0.251. The van der Waals surface area contributed by atoms with E-state index < -0.39 is 23.3 Å². The van der Waals surface area contributed by atoms with Crippen LogP contribution in [-0.4, -0.2) is 6.61 Å². The molecule has 5 heteroatoms. The zero-order valence-corrected chi connectivity index (χ0v) is 18.3. The number of benzene rings is 2. The van der Waals surface area contributed by atoms with Crippen LogP contribution in [0.25, 0.3) is 0 Å². The summed E-state index contributed by atoms with van der Waals surface area (Å²) in [5.74, 6) is -2.15. The lowest BCUT2D eigenvalue weighted by Gasteiger charge is -2.27. The molecule has 0 spiro atoms. The first kappa shape index (κ1) is 24.2. The Kier molecular flexibility index (Phi) is 8.30. The zero-order chi connectivity index (χ0) is 23.1. The van der Waals surface area contributed by atoms with Gasteiger partial charge >= 0.3 is 6.11 Å². The second-order valence-electron chi connectivity index (χ2n) is 8.47. The van der Waals surface area contributed by atoms with Gasteiger partial charge in [-0.1, -0.05) is 36.4 Å². The third-order valence-electron chi connectivity index (χ3n) is 6.27. The molecule has 3 rings (SSSR count). The molecular weight excluding hydrogens is 416 g/mol. The Balaban J connectivity index is 1.62. The van der Waals surface area contributed by atoms with Crippen LogP contribution in [0.15, 0.2) is 61.7 Å². The fourth-order valence-electron chi connectivity index (χ4n) is 4.31. The molecule has 32 heavy (non-hydrogen) atoms. The molecule has 0 saturated heterocycles. The average Bonchev–Trinajstić information content (AvgIpc) is 2.78. The van der Waals surface area contributed by atoms with Gasteiger partial charge in [-0.15, -0.1) is 13.2 Å². The normalized spacial score (nSPS) is 19.0. The Hall–Kier alpha value is -2.40. The van der Waals surface area contributed by atoms with Crippen LogP contribution >= 0.6 is 0 Å². The molecule has 1 nitrogen and oxygen atoms in total. The van der Waals surface area contributed by atoms with Crippen molar-refractivity contribution in [3.63, 3.8) is 0 Å². The SMILES string of the molecule is C=CCCc1ccc(CCOC(F)(F)c2c(F)cc([C@H]3CC[C@H](C=C)CC3)cc2F)cc1. The van der Waals surface area contributed by atoms with Crippen LogP contribution in [-0.2, 0) is 23.7 Å². The van der Waals surface area contributed by atoms with Gasteiger partial charge in [0, 0.05) is 0 Å². The van der Waals surface area contributed by atoms with Gasteiger partial charge in [-0.3, -0.25) is 0 Å². The van der Waals surface area contributed by atoms with Crippen molar-refractivity contribution < 1.29 is 22.3 Å². The molecule has 0 unspecified atom stereocenters. The van der Waals surface area contributed by atoms with Gasteiger partial charge in [-0.2, -0.15) is 8.78 Å². The lowest BCUT2D eigenvalue weighted by atomic mass is 9.78. The summed E-state index contributed by atoms with van der Waals surface area (Å²) in [7, 11) is 0. The molecule has 0 radical (unpaired) electrons. The molecule has 2 aromatic carbocycles. The van der Waals surface area contributed by atoms with E-state index in [9.17, 15) is 17.6 Å². The molecule has 0 aromatic heterocycles. The zero-order valence-electron chi connectivity index (χ0n) is 18.3. The molecule has 0 aliphatic heterocycles. The first-order chi connectivity index (χ1) is 15.3. The highest BCUT2D eigenvalue weighted by Crippen LogP contribution is 2.40. The predicted molar refractivity (Wildman–Crippen MR) is 120 cm³/mol. The number of halogens is 4. The standard InChI is InChI=1S/C27H30F4O/c1-3-5-6-20-7-9-21(10-8-20)15-16-32-27(30,31)26-24(28)17-23(18-25(26)29)22-13-11-19(4-2)12-14-22/h3-4,7-10,17-19,22H,1-2,5-6,11-16H2/t19-,22-. The second kappa shape index (κ2) is 11.0. The summed E-state index contributed by atoms with van der Waals surface area (Å²) in [6.07, 6.45) is 4.91. The van der Waals surface area contributed by atoms with Crippen molar-refractivity contribution in [2.45, 2.75) is 57.0 Å². The van der Waals surface area contributed by atoms with Crippen molar-refractivity contribution in [1.29, 1.82) is 0 Å². The molecule has 172 valence electrons. The number of aryl methyl sites for hydroxylation is 1. The summed E-state index contributed by atoms with van der Waals surface area (Å²) in [5, 5.41) is 0. The van der Waals surface area contributed by atoms with E-state index in [1.54, 1.807) is 0 Å². The molecule has 1 fully saturated rings. The fourth-order valence-corrected chi connectivity index (χ4v) is 4.31. The monoisotopic (exact) mass is 446 g/mol. The molecule has 0 bridgehead atoms. The van der Waals surface area contributed by atoms with Gasteiger partial charge in [0.05, 0.1) is 6.61 Å². The van der Waals surface area contributed by atoms with Gasteiger partial charge in [0.25, 0.3) is 0 Å². The molecule has 0 heterocycles. The number of hydrogen-bond acceptors (Lipinski definition) is 1. The molecular formula is C27H30F4O. The van der Waals surface area contributed by atoms with E-state index in [2.05, 4.69) is 17.9 Å². The first-order valence-electron chi connectivity index (χ1n) is 11.2. The summed E-state index contributed by atoms with van der Waals surface area (Å²) in [6.45, 7) is 7.12. The van der Waals surface area contributed by atoms with Gasteiger partial charge in [0.1, 0.15) is 17.2 Å². The Bertz CT molecular complexity index is 889. The van der Waals surface area contributed by atoms with Crippen LogP contribution < -0.4 is 0 Å². The Morgan fingerprint density at radius 3 is 2.00 bits per heavy atom. The minimum Gasteiger partial charge on any atom is -0.316 e. The van der Waals surface area contributed by atoms with Crippen LogP contribution in [0.1, 0.15) is 60.3 Å². The second-order valence-corrected chi connectivity index (χ2v) is 8.47. The van der Waals surface area contributed by atoms with E-state index in [4.69, 9.17) is 0 Å². The minimum atomic E-state index is -4.04. The summed E-state index contributed by atoms with van der Waals surface area (Å²) in [4.78, 5) is 0. The third kappa shape index (κ3) is 6.10. The average molecular weight is 447 g/mol. The van der Waals surface area contributed by atoms with E-state index in [-0.39, 0.29) is 18.9 Å². The van der Waals surface area contributed by atoms with E-state index in [1.165, 1.54) is 0 Å². The molecule has 2 aromatic rings. The van der Waals surface area contributed by atoms with Crippen LogP contribution in [0, 0.1) is 17.6 Å². The maximum absolute atomic E-state index is 14.6. The summed E-state index contributed by atoms with van der Waals surface area (Å²) >= 11 is 0. The van der Waals surface area contributed by atoms with Crippen molar-refractivity contribution in [2.75, 3.05) is 6.61 Å². The van der Waals surface area contributed by atoms with Crippen LogP contribution in [0.3, 0.4) is 0 Å². The van der Waals surface area contributed by atoms with Gasteiger partial charge in [-0.05, 0) is 85.6 Å². The third-order valence-corrected chi connectivity index (χ3v) is 6.27. The van der Waals surface area contributed by atoms with Gasteiger partial charge in [0.2, 0.25) is 0 Å². The van der Waals surface area contributed by atoms with Crippen LogP contribution in [0.5, 0.6) is 0 Å². The van der Waals surface area contributed by atoms with E-state index >= 15 is 0 Å². The molecule has 0 atom stereocenters. The predicted octanol–water partition coefficient (Wildman–Crippen LogP) is 7.85. The first-order valence-corrected chi connectivity index (χ1v) is 11.2. The summed E-state index contributed by atoms with van der Waals surface area (Å²) in [5.41, 5.74) is 1.05.